The molecule has 1 aliphatic carbocycles. The van der Waals surface area contributed by atoms with Gasteiger partial charge in [-0.2, -0.15) is 0 Å². The lowest BCUT2D eigenvalue weighted by Crippen LogP contribution is -2.47. The summed E-state index contributed by atoms with van der Waals surface area (Å²) in [6, 6.07) is 19.1. The van der Waals surface area contributed by atoms with Gasteiger partial charge in [-0.25, -0.2) is 0 Å². The van der Waals surface area contributed by atoms with Crippen molar-refractivity contribution < 1.29 is 5.11 Å². The lowest BCUT2D eigenvalue weighted by Gasteiger charge is -2.42. The van der Waals surface area contributed by atoms with Crippen LogP contribution < -0.4 is 0 Å². The van der Waals surface area contributed by atoms with E-state index < -0.39 is 5.60 Å². The first kappa shape index (κ1) is 13.1. The number of fused-ring (bicyclic) bond motifs is 3. The van der Waals surface area contributed by atoms with Gasteiger partial charge in [0.05, 0.1) is 5.60 Å². The van der Waals surface area contributed by atoms with Gasteiger partial charge < -0.3 is 10.0 Å². The second kappa shape index (κ2) is 4.69. The Morgan fingerprint density at radius 1 is 1.05 bits per heavy atom. The topological polar surface area (TPSA) is 23.5 Å². The number of aliphatic hydroxyl groups is 1. The van der Waals surface area contributed by atoms with Crippen LogP contribution in [0.1, 0.15) is 29.0 Å². The van der Waals surface area contributed by atoms with E-state index >= 15 is 0 Å². The van der Waals surface area contributed by atoms with Crippen LogP contribution >= 0.6 is 0 Å². The Kier molecular flexibility index (Phi) is 2.91. The first-order valence-electron chi connectivity index (χ1n) is 7.75. The zero-order valence-corrected chi connectivity index (χ0v) is 12.4. The molecule has 0 radical (unpaired) electrons. The van der Waals surface area contributed by atoms with Crippen molar-refractivity contribution >= 4 is 0 Å². The number of hydrogen-bond donors (Lipinski definition) is 1. The Labute approximate surface area is 126 Å². The highest BCUT2D eigenvalue weighted by atomic mass is 16.3. The molecule has 0 spiro atoms. The van der Waals surface area contributed by atoms with Crippen molar-refractivity contribution in [3.8, 4) is 0 Å². The summed E-state index contributed by atoms with van der Waals surface area (Å²) in [4.78, 5) is 2.35. The molecule has 21 heavy (non-hydrogen) atoms. The van der Waals surface area contributed by atoms with E-state index in [-0.39, 0.29) is 5.92 Å². The molecule has 3 atom stereocenters. The molecule has 1 N–H and O–H groups in total. The second-order valence-corrected chi connectivity index (χ2v) is 6.52. The Bertz CT molecular complexity index is 654. The quantitative estimate of drug-likeness (QED) is 0.867. The van der Waals surface area contributed by atoms with Crippen LogP contribution in [0.3, 0.4) is 0 Å². The summed E-state index contributed by atoms with van der Waals surface area (Å²) in [5.74, 6) is 0.547. The SMILES string of the molecule is CN1CCC2(O)c3ccccc3C(c3ccccc3)C2C1. The summed E-state index contributed by atoms with van der Waals surface area (Å²) in [6.07, 6.45) is 0.828. The third-order valence-electron chi connectivity index (χ3n) is 5.32. The molecular formula is C19H21NO. The first-order chi connectivity index (χ1) is 10.2. The maximum Gasteiger partial charge on any atom is 0.0960 e. The maximum absolute atomic E-state index is 11.4. The van der Waals surface area contributed by atoms with Gasteiger partial charge in [0.25, 0.3) is 0 Å². The number of benzene rings is 2. The molecule has 4 rings (SSSR count). The van der Waals surface area contributed by atoms with Crippen molar-refractivity contribution in [2.45, 2.75) is 17.9 Å². The molecule has 2 heteroatoms. The van der Waals surface area contributed by atoms with Crippen LogP contribution in [0.4, 0.5) is 0 Å². The summed E-state index contributed by atoms with van der Waals surface area (Å²) in [5, 5.41) is 11.4. The largest absolute Gasteiger partial charge is 0.385 e. The smallest absolute Gasteiger partial charge is 0.0960 e. The van der Waals surface area contributed by atoms with Gasteiger partial charge in [-0.15, -0.1) is 0 Å². The number of hydrogen-bond acceptors (Lipinski definition) is 2. The van der Waals surface area contributed by atoms with E-state index in [4.69, 9.17) is 0 Å². The van der Waals surface area contributed by atoms with Crippen molar-refractivity contribution in [1.82, 2.24) is 4.90 Å². The molecule has 0 amide bonds. The van der Waals surface area contributed by atoms with E-state index in [1.54, 1.807) is 0 Å². The summed E-state index contributed by atoms with van der Waals surface area (Å²) < 4.78 is 0. The number of nitrogens with zero attached hydrogens (tertiary/aromatic N) is 1. The van der Waals surface area contributed by atoms with Crippen molar-refractivity contribution in [3.63, 3.8) is 0 Å². The second-order valence-electron chi connectivity index (χ2n) is 6.52. The zero-order chi connectivity index (χ0) is 14.4. The molecule has 3 unspecified atom stereocenters. The average Bonchev–Trinajstić information content (AvgIpc) is 2.78. The molecule has 108 valence electrons. The van der Waals surface area contributed by atoms with Gasteiger partial charge in [0.15, 0.2) is 0 Å². The maximum atomic E-state index is 11.4. The molecule has 2 nitrogen and oxygen atoms in total. The van der Waals surface area contributed by atoms with Crippen molar-refractivity contribution in [3.05, 3.63) is 71.3 Å². The molecule has 0 aromatic heterocycles. The van der Waals surface area contributed by atoms with Crippen LogP contribution in [-0.4, -0.2) is 30.1 Å². The molecule has 2 aromatic rings. The Morgan fingerprint density at radius 3 is 2.57 bits per heavy atom. The molecule has 1 fully saturated rings. The predicted molar refractivity (Wildman–Crippen MR) is 84.2 cm³/mol. The van der Waals surface area contributed by atoms with Crippen LogP contribution in [0.2, 0.25) is 0 Å². The van der Waals surface area contributed by atoms with Gasteiger partial charge in [-0.3, -0.25) is 0 Å². The normalized spacial score (nSPS) is 31.7. The lowest BCUT2D eigenvalue weighted by atomic mass is 9.76. The highest BCUT2D eigenvalue weighted by Crippen LogP contribution is 2.55. The summed E-state index contributed by atoms with van der Waals surface area (Å²) in [7, 11) is 2.16. The van der Waals surface area contributed by atoms with E-state index in [2.05, 4.69) is 66.5 Å². The molecule has 0 saturated carbocycles. The van der Waals surface area contributed by atoms with Crippen molar-refractivity contribution in [2.75, 3.05) is 20.1 Å². The van der Waals surface area contributed by atoms with E-state index in [0.717, 1.165) is 25.1 Å². The molecule has 2 aliphatic rings. The number of likely N-dealkylation sites (tertiary alicyclic amines) is 1. The van der Waals surface area contributed by atoms with Crippen LogP contribution in [0, 0.1) is 5.92 Å². The summed E-state index contributed by atoms with van der Waals surface area (Å²) in [5.41, 5.74) is 3.12. The van der Waals surface area contributed by atoms with Crippen LogP contribution in [0.25, 0.3) is 0 Å². The van der Waals surface area contributed by atoms with Gasteiger partial charge in [-0.05, 0) is 30.2 Å². The highest BCUT2D eigenvalue weighted by molar-refractivity contribution is 5.48. The molecule has 0 bridgehead atoms. The van der Waals surface area contributed by atoms with Gasteiger partial charge in [0.2, 0.25) is 0 Å². The highest BCUT2D eigenvalue weighted by Gasteiger charge is 2.53. The fraction of sp³-hybridized carbons (Fsp3) is 0.368. The van der Waals surface area contributed by atoms with Crippen molar-refractivity contribution in [1.29, 1.82) is 0 Å². The van der Waals surface area contributed by atoms with Gasteiger partial charge in [-0.1, -0.05) is 54.6 Å². The van der Waals surface area contributed by atoms with E-state index in [9.17, 15) is 5.11 Å². The third-order valence-corrected chi connectivity index (χ3v) is 5.32. The van der Waals surface area contributed by atoms with Gasteiger partial charge in [0, 0.05) is 24.9 Å². The summed E-state index contributed by atoms with van der Waals surface area (Å²) >= 11 is 0. The Balaban J connectivity index is 1.89. The first-order valence-corrected chi connectivity index (χ1v) is 7.75. The molecule has 2 aromatic carbocycles. The Hall–Kier alpha value is -1.64. The zero-order valence-electron chi connectivity index (χ0n) is 12.4. The number of rotatable bonds is 1. The molecule has 1 heterocycles. The van der Waals surface area contributed by atoms with Crippen molar-refractivity contribution in [2.24, 2.45) is 5.92 Å². The third kappa shape index (κ3) is 1.86. The van der Waals surface area contributed by atoms with E-state index in [0.29, 0.717) is 5.92 Å². The van der Waals surface area contributed by atoms with Crippen LogP contribution in [0.5, 0.6) is 0 Å². The van der Waals surface area contributed by atoms with Gasteiger partial charge in [0.1, 0.15) is 0 Å². The Morgan fingerprint density at radius 2 is 1.76 bits per heavy atom. The van der Waals surface area contributed by atoms with Crippen LogP contribution in [0.15, 0.2) is 54.6 Å². The summed E-state index contributed by atoms with van der Waals surface area (Å²) in [6.45, 7) is 1.91. The fourth-order valence-corrected chi connectivity index (χ4v) is 4.29. The molecule has 1 saturated heterocycles. The minimum Gasteiger partial charge on any atom is -0.385 e. The fourth-order valence-electron chi connectivity index (χ4n) is 4.29. The average molecular weight is 279 g/mol. The number of piperidine rings is 1. The lowest BCUT2D eigenvalue weighted by molar-refractivity contribution is -0.0658. The predicted octanol–water partition coefficient (Wildman–Crippen LogP) is 2.97. The van der Waals surface area contributed by atoms with E-state index in [1.807, 2.05) is 0 Å². The standard InChI is InChI=1S/C19H21NO/c1-20-12-11-19(21)16-10-6-5-9-15(16)18(17(19)13-20)14-7-3-2-4-8-14/h2-10,17-18,21H,11-13H2,1H3. The molecular weight excluding hydrogens is 258 g/mol. The monoisotopic (exact) mass is 279 g/mol. The van der Waals surface area contributed by atoms with E-state index in [1.165, 1.54) is 11.1 Å². The van der Waals surface area contributed by atoms with Gasteiger partial charge >= 0.3 is 0 Å². The molecule has 1 aliphatic heterocycles. The minimum atomic E-state index is -0.663. The minimum absolute atomic E-state index is 0.246. The van der Waals surface area contributed by atoms with Crippen LogP contribution in [-0.2, 0) is 5.60 Å².